The van der Waals surface area contributed by atoms with Crippen molar-refractivity contribution in [2.24, 2.45) is 0 Å². The van der Waals surface area contributed by atoms with Gasteiger partial charge in [-0.25, -0.2) is 4.98 Å². The SMILES string of the molecule is Cc1[nH]ncc1-c1cc(C(F)(F)F)c2ccccc2n1.Cl. The summed E-state index contributed by atoms with van der Waals surface area (Å²) in [5.74, 6) is 0. The number of fused-ring (bicyclic) bond motifs is 1. The molecule has 1 N–H and O–H groups in total. The molecule has 0 spiro atoms. The number of aromatic nitrogens is 3. The predicted molar refractivity (Wildman–Crippen MR) is 76.3 cm³/mol. The van der Waals surface area contributed by atoms with E-state index in [1.165, 1.54) is 12.3 Å². The highest BCUT2D eigenvalue weighted by Crippen LogP contribution is 2.36. The van der Waals surface area contributed by atoms with E-state index >= 15 is 0 Å². The van der Waals surface area contributed by atoms with E-state index < -0.39 is 11.7 Å². The lowest BCUT2D eigenvalue weighted by atomic mass is 10.0. The van der Waals surface area contributed by atoms with Crippen LogP contribution in [0.25, 0.3) is 22.2 Å². The molecule has 21 heavy (non-hydrogen) atoms. The minimum Gasteiger partial charge on any atom is -0.282 e. The van der Waals surface area contributed by atoms with E-state index in [9.17, 15) is 13.2 Å². The minimum absolute atomic E-state index is 0. The van der Waals surface area contributed by atoms with Gasteiger partial charge in [-0.15, -0.1) is 12.4 Å². The molecule has 0 aliphatic heterocycles. The summed E-state index contributed by atoms with van der Waals surface area (Å²) < 4.78 is 39.6. The first-order valence-corrected chi connectivity index (χ1v) is 5.94. The second-order valence-corrected chi connectivity index (χ2v) is 4.48. The van der Waals surface area contributed by atoms with E-state index in [0.717, 1.165) is 6.07 Å². The van der Waals surface area contributed by atoms with Crippen LogP contribution >= 0.6 is 12.4 Å². The number of pyridine rings is 1. The summed E-state index contributed by atoms with van der Waals surface area (Å²) in [6.07, 6.45) is -2.94. The summed E-state index contributed by atoms with van der Waals surface area (Å²) in [6, 6.07) is 7.31. The Kier molecular flexibility index (Phi) is 3.91. The van der Waals surface area contributed by atoms with Crippen molar-refractivity contribution in [1.29, 1.82) is 0 Å². The molecule has 0 radical (unpaired) electrons. The number of rotatable bonds is 1. The first-order chi connectivity index (χ1) is 9.47. The van der Waals surface area contributed by atoms with E-state index in [1.807, 2.05) is 0 Å². The molecule has 0 fully saturated rings. The van der Waals surface area contributed by atoms with Crippen LogP contribution in [0, 0.1) is 6.92 Å². The zero-order valence-corrected chi connectivity index (χ0v) is 11.7. The summed E-state index contributed by atoms with van der Waals surface area (Å²) in [5.41, 5.74) is 1.15. The Labute approximate surface area is 124 Å². The normalized spacial score (nSPS) is 11.4. The maximum atomic E-state index is 13.2. The molecule has 0 saturated heterocycles. The Hall–Kier alpha value is -2.08. The number of hydrogen-bond acceptors (Lipinski definition) is 2. The summed E-state index contributed by atoms with van der Waals surface area (Å²) >= 11 is 0. The molecule has 2 aromatic heterocycles. The van der Waals surface area contributed by atoms with Crippen LogP contribution in [-0.4, -0.2) is 15.2 Å². The Morgan fingerprint density at radius 2 is 1.86 bits per heavy atom. The van der Waals surface area contributed by atoms with Crippen molar-refractivity contribution in [3.05, 3.63) is 47.8 Å². The minimum atomic E-state index is -4.42. The molecule has 2 heterocycles. The quantitative estimate of drug-likeness (QED) is 0.724. The molecule has 0 saturated carbocycles. The van der Waals surface area contributed by atoms with Crippen molar-refractivity contribution >= 4 is 23.3 Å². The van der Waals surface area contributed by atoms with E-state index in [1.54, 1.807) is 25.1 Å². The largest absolute Gasteiger partial charge is 0.417 e. The molecule has 0 aliphatic carbocycles. The van der Waals surface area contributed by atoms with Crippen molar-refractivity contribution in [1.82, 2.24) is 15.2 Å². The van der Waals surface area contributed by atoms with Crippen LogP contribution in [0.15, 0.2) is 36.5 Å². The number of halogens is 4. The highest BCUT2D eigenvalue weighted by molar-refractivity contribution is 5.86. The van der Waals surface area contributed by atoms with E-state index in [-0.39, 0.29) is 23.5 Å². The lowest BCUT2D eigenvalue weighted by molar-refractivity contribution is -0.136. The number of nitrogens with one attached hydrogen (secondary N) is 1. The van der Waals surface area contributed by atoms with Gasteiger partial charge in [-0.05, 0) is 19.1 Å². The molecule has 3 rings (SSSR count). The number of nitrogens with zero attached hydrogens (tertiary/aromatic N) is 2. The van der Waals surface area contributed by atoms with Gasteiger partial charge in [0, 0.05) is 16.6 Å². The fraction of sp³-hybridized carbons (Fsp3) is 0.143. The Bertz CT molecular complexity index is 780. The van der Waals surface area contributed by atoms with Crippen LogP contribution in [0.4, 0.5) is 13.2 Å². The molecular weight excluding hydrogens is 303 g/mol. The fourth-order valence-corrected chi connectivity index (χ4v) is 2.16. The van der Waals surface area contributed by atoms with Gasteiger partial charge in [0.25, 0.3) is 0 Å². The standard InChI is InChI=1S/C14H10F3N3.ClH/c1-8-10(7-18-20-8)13-6-11(14(15,16)17)9-4-2-3-5-12(9)19-13;/h2-7H,1H3,(H,18,20);1H. The van der Waals surface area contributed by atoms with Crippen LogP contribution < -0.4 is 0 Å². The summed E-state index contributed by atoms with van der Waals surface area (Å²) in [4.78, 5) is 4.29. The van der Waals surface area contributed by atoms with Gasteiger partial charge in [-0.2, -0.15) is 18.3 Å². The second kappa shape index (κ2) is 5.37. The first-order valence-electron chi connectivity index (χ1n) is 5.94. The lowest BCUT2D eigenvalue weighted by Gasteiger charge is -2.12. The number of hydrogen-bond donors (Lipinski definition) is 1. The Morgan fingerprint density at radius 1 is 1.14 bits per heavy atom. The van der Waals surface area contributed by atoms with Gasteiger partial charge in [-0.1, -0.05) is 18.2 Å². The summed E-state index contributed by atoms with van der Waals surface area (Å²) in [5, 5.41) is 6.63. The zero-order valence-electron chi connectivity index (χ0n) is 10.9. The number of aryl methyl sites for hydroxylation is 1. The third-order valence-corrected chi connectivity index (χ3v) is 3.13. The zero-order chi connectivity index (χ0) is 14.3. The first kappa shape index (κ1) is 15.3. The molecule has 0 atom stereocenters. The van der Waals surface area contributed by atoms with Gasteiger partial charge in [0.15, 0.2) is 0 Å². The highest BCUT2D eigenvalue weighted by atomic mass is 35.5. The van der Waals surface area contributed by atoms with Crippen molar-refractivity contribution < 1.29 is 13.2 Å². The number of aromatic amines is 1. The fourth-order valence-electron chi connectivity index (χ4n) is 2.16. The van der Waals surface area contributed by atoms with Crippen molar-refractivity contribution in [3.8, 4) is 11.3 Å². The molecule has 0 unspecified atom stereocenters. The molecule has 3 nitrogen and oxygen atoms in total. The van der Waals surface area contributed by atoms with Crippen LogP contribution in [0.2, 0.25) is 0 Å². The molecule has 110 valence electrons. The molecule has 0 aliphatic rings. The topological polar surface area (TPSA) is 41.6 Å². The number of benzene rings is 1. The number of para-hydroxylation sites is 1. The monoisotopic (exact) mass is 313 g/mol. The van der Waals surface area contributed by atoms with Gasteiger partial charge in [0.1, 0.15) is 0 Å². The van der Waals surface area contributed by atoms with Crippen LogP contribution in [-0.2, 0) is 6.18 Å². The highest BCUT2D eigenvalue weighted by Gasteiger charge is 2.33. The third kappa shape index (κ3) is 2.71. The van der Waals surface area contributed by atoms with Crippen molar-refractivity contribution in [2.75, 3.05) is 0 Å². The van der Waals surface area contributed by atoms with E-state index in [4.69, 9.17) is 0 Å². The van der Waals surface area contributed by atoms with Crippen molar-refractivity contribution in [2.45, 2.75) is 13.1 Å². The lowest BCUT2D eigenvalue weighted by Crippen LogP contribution is -2.07. The second-order valence-electron chi connectivity index (χ2n) is 4.48. The smallest absolute Gasteiger partial charge is 0.282 e. The molecule has 1 aromatic carbocycles. The van der Waals surface area contributed by atoms with Gasteiger partial charge in [0.05, 0.1) is 23.0 Å². The molecule has 0 amide bonds. The van der Waals surface area contributed by atoms with Gasteiger partial charge in [-0.3, -0.25) is 5.10 Å². The van der Waals surface area contributed by atoms with Crippen LogP contribution in [0.5, 0.6) is 0 Å². The summed E-state index contributed by atoms with van der Waals surface area (Å²) in [7, 11) is 0. The maximum Gasteiger partial charge on any atom is 0.417 e. The average Bonchev–Trinajstić information content (AvgIpc) is 2.82. The van der Waals surface area contributed by atoms with Crippen LogP contribution in [0.3, 0.4) is 0 Å². The van der Waals surface area contributed by atoms with Crippen LogP contribution in [0.1, 0.15) is 11.3 Å². The molecule has 0 bridgehead atoms. The average molecular weight is 314 g/mol. The Morgan fingerprint density at radius 3 is 2.48 bits per heavy atom. The third-order valence-electron chi connectivity index (χ3n) is 3.13. The number of alkyl halides is 3. The van der Waals surface area contributed by atoms with Gasteiger partial charge in [0.2, 0.25) is 0 Å². The van der Waals surface area contributed by atoms with Gasteiger partial charge >= 0.3 is 6.18 Å². The number of H-pyrrole nitrogens is 1. The van der Waals surface area contributed by atoms with Crippen molar-refractivity contribution in [3.63, 3.8) is 0 Å². The Balaban J connectivity index is 0.00000161. The van der Waals surface area contributed by atoms with E-state index in [0.29, 0.717) is 16.8 Å². The summed E-state index contributed by atoms with van der Waals surface area (Å²) in [6.45, 7) is 1.74. The predicted octanol–water partition coefficient (Wildman–Crippen LogP) is 4.37. The molecule has 7 heteroatoms. The molecular formula is C14H11ClF3N3. The molecule has 3 aromatic rings. The van der Waals surface area contributed by atoms with E-state index in [2.05, 4.69) is 15.2 Å². The maximum absolute atomic E-state index is 13.2. The van der Waals surface area contributed by atoms with Gasteiger partial charge < -0.3 is 0 Å².